The van der Waals surface area contributed by atoms with Crippen LogP contribution in [-0.2, 0) is 4.74 Å². The first kappa shape index (κ1) is 14.5. The molecule has 0 atom stereocenters. The van der Waals surface area contributed by atoms with E-state index in [-0.39, 0.29) is 6.09 Å². The summed E-state index contributed by atoms with van der Waals surface area (Å²) < 4.78 is 12.7. The topological polar surface area (TPSA) is 67.0 Å². The van der Waals surface area contributed by atoms with E-state index >= 15 is 0 Å². The molecule has 0 N–H and O–H groups in total. The second kappa shape index (κ2) is 5.87. The summed E-state index contributed by atoms with van der Waals surface area (Å²) >= 11 is 0. The molecular formula is C18H15N3O3. The Hall–Kier alpha value is -3.04. The Morgan fingerprint density at radius 1 is 1.17 bits per heavy atom. The number of carbonyl (C=O) groups is 1. The lowest BCUT2D eigenvalue weighted by Gasteiger charge is -2.25. The molecule has 6 nitrogen and oxygen atoms in total. The molecule has 0 spiro atoms. The lowest BCUT2D eigenvalue weighted by atomic mass is 10.1. The number of pyridine rings is 1. The average molecular weight is 321 g/mol. The Balaban J connectivity index is 1.72. The fourth-order valence-electron chi connectivity index (χ4n) is 3.01. The van der Waals surface area contributed by atoms with Crippen LogP contribution in [0.25, 0.3) is 16.4 Å². The number of ether oxygens (including phenoxy) is 2. The van der Waals surface area contributed by atoms with E-state index in [0.29, 0.717) is 37.6 Å². The first-order valence-electron chi connectivity index (χ1n) is 7.75. The molecule has 1 aliphatic heterocycles. The summed E-state index contributed by atoms with van der Waals surface area (Å²) in [5.41, 5.74) is 2.30. The summed E-state index contributed by atoms with van der Waals surface area (Å²) in [5, 5.41) is 10.3. The first-order valence-corrected chi connectivity index (χ1v) is 7.75. The largest absolute Gasteiger partial charge is 0.415 e. The number of fused-ring (bicyclic) bond motifs is 3. The summed E-state index contributed by atoms with van der Waals surface area (Å²) in [6.07, 6.45) is 1.52. The van der Waals surface area contributed by atoms with Gasteiger partial charge >= 0.3 is 6.09 Å². The molecule has 0 aliphatic carbocycles. The molecule has 0 radical (unpaired) electrons. The zero-order valence-electron chi connectivity index (χ0n) is 12.9. The van der Waals surface area contributed by atoms with E-state index in [1.165, 1.54) is 0 Å². The van der Waals surface area contributed by atoms with Crippen LogP contribution in [0.3, 0.4) is 0 Å². The van der Waals surface area contributed by atoms with E-state index in [0.717, 1.165) is 16.4 Å². The number of nitriles is 1. The molecule has 1 fully saturated rings. The number of hydrogen-bond donors (Lipinski definition) is 0. The van der Waals surface area contributed by atoms with Gasteiger partial charge in [0.15, 0.2) is 0 Å². The van der Waals surface area contributed by atoms with E-state index in [1.807, 2.05) is 34.9 Å². The molecule has 1 aromatic carbocycles. The van der Waals surface area contributed by atoms with Crippen LogP contribution in [0.2, 0.25) is 0 Å². The predicted octanol–water partition coefficient (Wildman–Crippen LogP) is 2.80. The standard InChI is InChI=1S/C18H15N3O3/c19-12-15-14-5-4-13(24-18(22)20-7-9-23-10-8-20)11-17(14)21-6-2-1-3-16(15)21/h1-6,11H,7-10H2. The van der Waals surface area contributed by atoms with Crippen LogP contribution < -0.4 is 4.74 Å². The molecule has 6 heteroatoms. The first-order chi connectivity index (χ1) is 11.8. The lowest BCUT2D eigenvalue weighted by molar-refractivity contribution is 0.0416. The van der Waals surface area contributed by atoms with Gasteiger partial charge in [0.1, 0.15) is 11.8 Å². The van der Waals surface area contributed by atoms with Crippen molar-refractivity contribution in [3.63, 3.8) is 0 Å². The summed E-state index contributed by atoms with van der Waals surface area (Å²) in [7, 11) is 0. The Morgan fingerprint density at radius 2 is 2.00 bits per heavy atom. The number of rotatable bonds is 1. The zero-order chi connectivity index (χ0) is 16.5. The van der Waals surface area contributed by atoms with Crippen molar-refractivity contribution in [3.05, 3.63) is 48.2 Å². The number of hydrogen-bond acceptors (Lipinski definition) is 4. The Bertz CT molecular complexity index is 965. The maximum absolute atomic E-state index is 12.2. The van der Waals surface area contributed by atoms with Crippen LogP contribution in [0.15, 0.2) is 42.6 Å². The minimum atomic E-state index is -0.376. The fourth-order valence-corrected chi connectivity index (χ4v) is 3.01. The zero-order valence-corrected chi connectivity index (χ0v) is 12.9. The third-order valence-corrected chi connectivity index (χ3v) is 4.20. The van der Waals surface area contributed by atoms with Crippen molar-refractivity contribution in [2.24, 2.45) is 0 Å². The molecule has 4 rings (SSSR count). The van der Waals surface area contributed by atoms with Gasteiger partial charge < -0.3 is 18.8 Å². The average Bonchev–Trinajstić information content (AvgIpc) is 2.95. The van der Waals surface area contributed by atoms with E-state index in [4.69, 9.17) is 9.47 Å². The number of aromatic nitrogens is 1. The Morgan fingerprint density at radius 3 is 2.79 bits per heavy atom. The molecule has 1 amide bonds. The van der Waals surface area contributed by atoms with Crippen molar-refractivity contribution in [2.75, 3.05) is 26.3 Å². The molecule has 1 saturated heterocycles. The lowest BCUT2D eigenvalue weighted by Crippen LogP contribution is -2.42. The van der Waals surface area contributed by atoms with Crippen LogP contribution in [0, 0.1) is 11.3 Å². The normalized spacial score (nSPS) is 14.7. The molecule has 1 aliphatic rings. The van der Waals surface area contributed by atoms with Gasteiger partial charge in [-0.3, -0.25) is 0 Å². The molecule has 0 saturated carbocycles. The Kier molecular flexibility index (Phi) is 3.56. The van der Waals surface area contributed by atoms with Crippen molar-refractivity contribution in [1.29, 1.82) is 5.26 Å². The Labute approximate surface area is 138 Å². The fraction of sp³-hybridized carbons (Fsp3) is 0.222. The molecule has 120 valence electrons. The highest BCUT2D eigenvalue weighted by Crippen LogP contribution is 2.29. The van der Waals surface area contributed by atoms with Gasteiger partial charge in [-0.1, -0.05) is 6.07 Å². The van der Waals surface area contributed by atoms with Crippen molar-refractivity contribution in [3.8, 4) is 11.8 Å². The van der Waals surface area contributed by atoms with Crippen molar-refractivity contribution >= 4 is 22.5 Å². The van der Waals surface area contributed by atoms with Gasteiger partial charge in [-0.2, -0.15) is 5.26 Å². The highest BCUT2D eigenvalue weighted by molar-refractivity contribution is 5.96. The summed E-state index contributed by atoms with van der Waals surface area (Å²) in [6.45, 7) is 2.13. The van der Waals surface area contributed by atoms with E-state index < -0.39 is 0 Å². The van der Waals surface area contributed by atoms with Gasteiger partial charge in [0.25, 0.3) is 0 Å². The van der Waals surface area contributed by atoms with Gasteiger partial charge in [-0.25, -0.2) is 4.79 Å². The van der Waals surface area contributed by atoms with E-state index in [9.17, 15) is 10.1 Å². The van der Waals surface area contributed by atoms with Crippen LogP contribution >= 0.6 is 0 Å². The molecular weight excluding hydrogens is 306 g/mol. The summed E-state index contributed by atoms with van der Waals surface area (Å²) in [5.74, 6) is 0.465. The van der Waals surface area contributed by atoms with E-state index in [2.05, 4.69) is 6.07 Å². The van der Waals surface area contributed by atoms with Gasteiger partial charge in [0.2, 0.25) is 0 Å². The van der Waals surface area contributed by atoms with Gasteiger partial charge in [-0.05, 0) is 24.3 Å². The monoisotopic (exact) mass is 321 g/mol. The number of benzene rings is 1. The number of carbonyl (C=O) groups excluding carboxylic acids is 1. The van der Waals surface area contributed by atoms with Crippen LogP contribution in [0.1, 0.15) is 5.56 Å². The highest BCUT2D eigenvalue weighted by atomic mass is 16.6. The number of nitrogens with zero attached hydrogens (tertiary/aromatic N) is 3. The molecule has 24 heavy (non-hydrogen) atoms. The van der Waals surface area contributed by atoms with Crippen LogP contribution in [-0.4, -0.2) is 41.7 Å². The molecule has 3 aromatic rings. The minimum absolute atomic E-state index is 0.376. The quantitative estimate of drug-likeness (QED) is 0.691. The smallest absolute Gasteiger partial charge is 0.410 e. The predicted molar refractivity (Wildman–Crippen MR) is 88.0 cm³/mol. The molecule has 2 aromatic heterocycles. The maximum atomic E-state index is 12.2. The van der Waals surface area contributed by atoms with Crippen molar-refractivity contribution in [2.45, 2.75) is 0 Å². The summed E-state index contributed by atoms with van der Waals surface area (Å²) in [4.78, 5) is 13.8. The molecule has 0 unspecified atom stereocenters. The highest BCUT2D eigenvalue weighted by Gasteiger charge is 2.19. The number of amides is 1. The minimum Gasteiger partial charge on any atom is -0.410 e. The second-order valence-corrected chi connectivity index (χ2v) is 5.59. The number of morpholine rings is 1. The van der Waals surface area contributed by atoms with Gasteiger partial charge in [-0.15, -0.1) is 0 Å². The van der Waals surface area contributed by atoms with Crippen LogP contribution in [0.5, 0.6) is 5.75 Å². The van der Waals surface area contributed by atoms with Gasteiger partial charge in [0.05, 0.1) is 29.8 Å². The van der Waals surface area contributed by atoms with E-state index in [1.54, 1.807) is 17.0 Å². The second-order valence-electron chi connectivity index (χ2n) is 5.59. The third kappa shape index (κ3) is 2.36. The van der Waals surface area contributed by atoms with Crippen molar-refractivity contribution in [1.82, 2.24) is 9.30 Å². The molecule has 3 heterocycles. The molecule has 0 bridgehead atoms. The van der Waals surface area contributed by atoms with Crippen LogP contribution in [0.4, 0.5) is 4.79 Å². The maximum Gasteiger partial charge on any atom is 0.415 e. The van der Waals surface area contributed by atoms with Crippen molar-refractivity contribution < 1.29 is 14.3 Å². The van der Waals surface area contributed by atoms with Gasteiger partial charge in [0, 0.05) is 30.7 Å². The summed E-state index contributed by atoms with van der Waals surface area (Å²) in [6, 6.07) is 13.3. The SMILES string of the molecule is N#Cc1c2ccc(OC(=O)N3CCOCC3)cc2n2ccccc12. The third-order valence-electron chi connectivity index (χ3n) is 4.20.